The van der Waals surface area contributed by atoms with E-state index in [9.17, 15) is 9.59 Å². The van der Waals surface area contributed by atoms with Crippen molar-refractivity contribution in [2.45, 2.75) is 20.0 Å². The van der Waals surface area contributed by atoms with E-state index in [4.69, 9.17) is 14.0 Å². The Morgan fingerprint density at radius 1 is 1.06 bits per heavy atom. The molecule has 4 aromatic rings. The van der Waals surface area contributed by atoms with Crippen molar-refractivity contribution in [3.05, 3.63) is 60.2 Å². The van der Waals surface area contributed by atoms with Crippen LogP contribution in [0.15, 0.2) is 53.3 Å². The number of aromatic nitrogens is 5. The molecule has 3 heterocycles. The lowest BCUT2D eigenvalue weighted by atomic mass is 10.2. The first-order valence-electron chi connectivity index (χ1n) is 10.2. The van der Waals surface area contributed by atoms with Gasteiger partial charge in [-0.05, 0) is 38.1 Å². The molecular formula is C22H21N7O5. The summed E-state index contributed by atoms with van der Waals surface area (Å²) >= 11 is 0. The minimum atomic E-state index is -0.467. The fraction of sp³-hybridized carbons (Fsp3) is 0.182. The number of benzene rings is 1. The molecule has 0 spiro atoms. The van der Waals surface area contributed by atoms with Crippen molar-refractivity contribution in [2.75, 3.05) is 12.4 Å². The molecule has 0 aliphatic carbocycles. The monoisotopic (exact) mass is 463 g/mol. The third-order valence-corrected chi connectivity index (χ3v) is 4.30. The van der Waals surface area contributed by atoms with Gasteiger partial charge in [0.2, 0.25) is 0 Å². The van der Waals surface area contributed by atoms with Gasteiger partial charge in [0.25, 0.3) is 23.5 Å². The average Bonchev–Trinajstić information content (AvgIpc) is 3.51. The number of rotatable bonds is 8. The third-order valence-electron chi connectivity index (χ3n) is 4.30. The number of hydrogen-bond donors (Lipinski definition) is 3. The Morgan fingerprint density at radius 2 is 1.88 bits per heavy atom. The number of pyridine rings is 1. The minimum absolute atomic E-state index is 0.0924. The van der Waals surface area contributed by atoms with E-state index in [0.29, 0.717) is 34.3 Å². The lowest BCUT2D eigenvalue weighted by molar-refractivity contribution is 0.0949. The molecule has 0 atom stereocenters. The summed E-state index contributed by atoms with van der Waals surface area (Å²) in [6.07, 6.45) is 2.96. The summed E-state index contributed by atoms with van der Waals surface area (Å²) in [5.41, 5.74) is 0.694. The second-order valence-corrected chi connectivity index (χ2v) is 7.26. The first-order valence-corrected chi connectivity index (χ1v) is 10.2. The number of aromatic amines is 1. The summed E-state index contributed by atoms with van der Waals surface area (Å²) < 4.78 is 16.7. The average molecular weight is 463 g/mol. The summed E-state index contributed by atoms with van der Waals surface area (Å²) in [6.45, 7) is 3.76. The second kappa shape index (κ2) is 9.81. The van der Waals surface area contributed by atoms with Crippen LogP contribution in [0.2, 0.25) is 0 Å². The quantitative estimate of drug-likeness (QED) is 0.357. The van der Waals surface area contributed by atoms with Crippen LogP contribution in [0.25, 0.3) is 11.6 Å². The van der Waals surface area contributed by atoms with Gasteiger partial charge in [-0.25, -0.2) is 4.98 Å². The van der Waals surface area contributed by atoms with Gasteiger partial charge in [0.1, 0.15) is 22.9 Å². The zero-order valence-corrected chi connectivity index (χ0v) is 18.5. The molecule has 0 fully saturated rings. The molecule has 2 amide bonds. The first-order chi connectivity index (χ1) is 16.4. The van der Waals surface area contributed by atoms with Gasteiger partial charge >= 0.3 is 0 Å². The van der Waals surface area contributed by atoms with Crippen molar-refractivity contribution in [1.29, 1.82) is 0 Å². The van der Waals surface area contributed by atoms with E-state index >= 15 is 0 Å². The number of carbonyl (C=O) groups excluding carboxylic acids is 2. The molecule has 174 valence electrons. The van der Waals surface area contributed by atoms with E-state index < -0.39 is 5.91 Å². The van der Waals surface area contributed by atoms with E-state index in [-0.39, 0.29) is 23.7 Å². The highest BCUT2D eigenvalue weighted by molar-refractivity contribution is 6.04. The van der Waals surface area contributed by atoms with E-state index in [1.807, 2.05) is 13.8 Å². The Hall–Kier alpha value is -4.74. The molecule has 0 saturated heterocycles. The number of nitrogens with one attached hydrogen (secondary N) is 3. The van der Waals surface area contributed by atoms with Crippen LogP contribution in [0.3, 0.4) is 0 Å². The van der Waals surface area contributed by atoms with Gasteiger partial charge in [-0.2, -0.15) is 10.1 Å². The smallest absolute Gasteiger partial charge is 0.292 e. The number of amides is 2. The highest BCUT2D eigenvalue weighted by Gasteiger charge is 2.16. The SMILES string of the molecule is CNC(=O)c1noc(-c2ccc(Oc3cc(OC(C)C)cc(C(=O)Nc4cc[nH]n4)c3)cn2)n1. The maximum Gasteiger partial charge on any atom is 0.292 e. The normalized spacial score (nSPS) is 10.7. The molecule has 3 N–H and O–H groups in total. The second-order valence-electron chi connectivity index (χ2n) is 7.26. The maximum absolute atomic E-state index is 12.7. The minimum Gasteiger partial charge on any atom is -0.491 e. The number of ether oxygens (including phenoxy) is 2. The molecule has 3 aromatic heterocycles. The Kier molecular flexibility index (Phi) is 6.48. The van der Waals surface area contributed by atoms with E-state index in [2.05, 4.69) is 36.0 Å². The Morgan fingerprint density at radius 3 is 2.56 bits per heavy atom. The van der Waals surface area contributed by atoms with Crippen LogP contribution in [0.1, 0.15) is 34.8 Å². The standard InChI is InChI=1S/C22H21N7O5/c1-12(2)32-15-8-13(20(30)26-18-6-7-25-28-18)9-16(10-15)33-14-4-5-17(24-11-14)22-27-19(29-34-22)21(31)23-3/h4-12H,1-3H3,(H,23,31)(H2,25,26,28,30). The van der Waals surface area contributed by atoms with Gasteiger partial charge in [0.15, 0.2) is 5.82 Å². The number of carbonyl (C=O) groups is 2. The highest BCUT2D eigenvalue weighted by atomic mass is 16.5. The van der Waals surface area contributed by atoms with Crippen LogP contribution < -0.4 is 20.1 Å². The van der Waals surface area contributed by atoms with E-state index in [1.165, 1.54) is 13.2 Å². The fourth-order valence-electron chi connectivity index (χ4n) is 2.86. The van der Waals surface area contributed by atoms with Crippen LogP contribution in [-0.4, -0.2) is 50.3 Å². The highest BCUT2D eigenvalue weighted by Crippen LogP contribution is 2.29. The first kappa shape index (κ1) is 22.5. The molecule has 0 radical (unpaired) electrons. The topological polar surface area (TPSA) is 157 Å². The van der Waals surface area contributed by atoms with E-state index in [1.54, 1.807) is 42.6 Å². The Bertz CT molecular complexity index is 1280. The van der Waals surface area contributed by atoms with Gasteiger partial charge in [0.05, 0.1) is 12.3 Å². The molecule has 0 aliphatic heterocycles. The molecule has 34 heavy (non-hydrogen) atoms. The molecule has 0 unspecified atom stereocenters. The zero-order chi connectivity index (χ0) is 24.1. The predicted molar refractivity (Wildman–Crippen MR) is 120 cm³/mol. The van der Waals surface area contributed by atoms with Crippen molar-refractivity contribution >= 4 is 17.6 Å². The fourth-order valence-corrected chi connectivity index (χ4v) is 2.86. The summed E-state index contributed by atoms with van der Waals surface area (Å²) in [7, 11) is 1.47. The Labute approximate surface area is 193 Å². The largest absolute Gasteiger partial charge is 0.491 e. The van der Waals surface area contributed by atoms with Crippen molar-refractivity contribution in [3.63, 3.8) is 0 Å². The van der Waals surface area contributed by atoms with Crippen molar-refractivity contribution in [2.24, 2.45) is 0 Å². The summed E-state index contributed by atoms with van der Waals surface area (Å²) in [5.74, 6) is 0.792. The number of anilines is 1. The molecule has 0 saturated carbocycles. The van der Waals surface area contributed by atoms with Gasteiger partial charge in [-0.3, -0.25) is 14.7 Å². The molecular weight excluding hydrogens is 442 g/mol. The molecule has 1 aromatic carbocycles. The van der Waals surface area contributed by atoms with Crippen molar-refractivity contribution in [1.82, 2.24) is 30.6 Å². The molecule has 12 heteroatoms. The number of hydrogen-bond acceptors (Lipinski definition) is 9. The number of nitrogens with zero attached hydrogens (tertiary/aromatic N) is 4. The zero-order valence-electron chi connectivity index (χ0n) is 18.5. The maximum atomic E-state index is 12.7. The van der Waals surface area contributed by atoms with Gasteiger partial charge in [0, 0.05) is 30.9 Å². The summed E-state index contributed by atoms with van der Waals surface area (Å²) in [6, 6.07) is 9.76. The number of H-pyrrole nitrogens is 1. The van der Waals surface area contributed by atoms with Crippen LogP contribution in [0, 0.1) is 0 Å². The lowest BCUT2D eigenvalue weighted by Gasteiger charge is -2.14. The summed E-state index contributed by atoms with van der Waals surface area (Å²) in [4.78, 5) is 32.5. The predicted octanol–water partition coefficient (Wildman–Crippen LogP) is 3.05. The van der Waals surface area contributed by atoms with E-state index in [0.717, 1.165) is 0 Å². The molecule has 4 rings (SSSR count). The van der Waals surface area contributed by atoms with Gasteiger partial charge < -0.3 is 24.6 Å². The molecule has 0 aliphatic rings. The third kappa shape index (κ3) is 5.35. The van der Waals surface area contributed by atoms with Crippen LogP contribution in [0.4, 0.5) is 5.82 Å². The van der Waals surface area contributed by atoms with Gasteiger partial charge in [-0.15, -0.1) is 0 Å². The Balaban J connectivity index is 1.54. The van der Waals surface area contributed by atoms with Gasteiger partial charge in [-0.1, -0.05) is 5.16 Å². The molecule has 12 nitrogen and oxygen atoms in total. The van der Waals surface area contributed by atoms with Crippen LogP contribution in [0.5, 0.6) is 17.2 Å². The van der Waals surface area contributed by atoms with Crippen LogP contribution in [-0.2, 0) is 0 Å². The lowest BCUT2D eigenvalue weighted by Crippen LogP contribution is -2.19. The van der Waals surface area contributed by atoms with Crippen molar-refractivity contribution in [3.8, 4) is 28.8 Å². The molecule has 0 bridgehead atoms. The van der Waals surface area contributed by atoms with Crippen LogP contribution >= 0.6 is 0 Å². The summed E-state index contributed by atoms with van der Waals surface area (Å²) in [5, 5.41) is 15.3. The van der Waals surface area contributed by atoms with Crippen molar-refractivity contribution < 1.29 is 23.6 Å².